The van der Waals surface area contributed by atoms with E-state index in [9.17, 15) is 4.79 Å². The standard InChI is InChI=1S/C14H19IN2O/c1-16-12-6-8-13(9-7-12)17-14(18)10-2-4-11(15)5-3-10/h2-5,12-13,16H,6-9H2,1H3,(H,17,18). The minimum absolute atomic E-state index is 0.0549. The Morgan fingerprint density at radius 1 is 1.11 bits per heavy atom. The van der Waals surface area contributed by atoms with Crippen molar-refractivity contribution in [3.8, 4) is 0 Å². The van der Waals surface area contributed by atoms with Gasteiger partial charge in [0.15, 0.2) is 0 Å². The fraction of sp³-hybridized carbons (Fsp3) is 0.500. The normalized spacial score (nSPS) is 23.7. The highest BCUT2D eigenvalue weighted by Gasteiger charge is 2.21. The van der Waals surface area contributed by atoms with Gasteiger partial charge in [-0.3, -0.25) is 4.79 Å². The topological polar surface area (TPSA) is 41.1 Å². The molecule has 0 heterocycles. The molecule has 18 heavy (non-hydrogen) atoms. The molecule has 1 saturated carbocycles. The SMILES string of the molecule is CNC1CCC(NC(=O)c2ccc(I)cc2)CC1. The third kappa shape index (κ3) is 3.68. The molecule has 1 aliphatic carbocycles. The fourth-order valence-corrected chi connectivity index (χ4v) is 2.76. The smallest absolute Gasteiger partial charge is 0.251 e. The van der Waals surface area contributed by atoms with Crippen LogP contribution in [0.4, 0.5) is 0 Å². The Balaban J connectivity index is 1.86. The monoisotopic (exact) mass is 358 g/mol. The molecule has 0 aliphatic heterocycles. The summed E-state index contributed by atoms with van der Waals surface area (Å²) in [6.07, 6.45) is 4.44. The van der Waals surface area contributed by atoms with Crippen molar-refractivity contribution in [2.75, 3.05) is 7.05 Å². The number of hydrogen-bond acceptors (Lipinski definition) is 2. The summed E-state index contributed by atoms with van der Waals surface area (Å²) in [7, 11) is 2.01. The van der Waals surface area contributed by atoms with E-state index in [-0.39, 0.29) is 5.91 Å². The third-order valence-corrected chi connectivity index (χ3v) is 4.30. The van der Waals surface area contributed by atoms with E-state index in [0.29, 0.717) is 12.1 Å². The summed E-state index contributed by atoms with van der Waals surface area (Å²) in [6.45, 7) is 0. The van der Waals surface area contributed by atoms with Crippen LogP contribution in [0.2, 0.25) is 0 Å². The Labute approximate surface area is 122 Å². The molecule has 1 fully saturated rings. The molecule has 0 spiro atoms. The lowest BCUT2D eigenvalue weighted by atomic mass is 9.91. The van der Waals surface area contributed by atoms with Gasteiger partial charge in [0, 0.05) is 21.2 Å². The lowest BCUT2D eigenvalue weighted by Crippen LogP contribution is -2.41. The average molecular weight is 358 g/mol. The summed E-state index contributed by atoms with van der Waals surface area (Å²) in [5.74, 6) is 0.0549. The van der Waals surface area contributed by atoms with E-state index < -0.39 is 0 Å². The number of rotatable bonds is 3. The minimum atomic E-state index is 0.0549. The van der Waals surface area contributed by atoms with Gasteiger partial charge in [-0.2, -0.15) is 0 Å². The van der Waals surface area contributed by atoms with Crippen LogP contribution >= 0.6 is 22.6 Å². The van der Waals surface area contributed by atoms with E-state index in [1.807, 2.05) is 31.3 Å². The summed E-state index contributed by atoms with van der Waals surface area (Å²) >= 11 is 2.24. The zero-order valence-electron chi connectivity index (χ0n) is 10.6. The summed E-state index contributed by atoms with van der Waals surface area (Å²) in [5, 5.41) is 6.43. The van der Waals surface area contributed by atoms with Crippen molar-refractivity contribution in [3.05, 3.63) is 33.4 Å². The van der Waals surface area contributed by atoms with Crippen LogP contribution in [0.5, 0.6) is 0 Å². The van der Waals surface area contributed by atoms with Gasteiger partial charge in [0.2, 0.25) is 0 Å². The number of carbonyl (C=O) groups is 1. The van der Waals surface area contributed by atoms with Gasteiger partial charge in [0.25, 0.3) is 5.91 Å². The predicted molar refractivity (Wildman–Crippen MR) is 81.7 cm³/mol. The van der Waals surface area contributed by atoms with Crippen molar-refractivity contribution < 1.29 is 4.79 Å². The molecule has 1 aromatic carbocycles. The molecule has 0 atom stereocenters. The number of benzene rings is 1. The summed E-state index contributed by atoms with van der Waals surface area (Å²) < 4.78 is 1.15. The van der Waals surface area contributed by atoms with Crippen molar-refractivity contribution in [1.82, 2.24) is 10.6 Å². The maximum atomic E-state index is 12.0. The Morgan fingerprint density at radius 3 is 2.22 bits per heavy atom. The van der Waals surface area contributed by atoms with Crippen LogP contribution in [0.1, 0.15) is 36.0 Å². The van der Waals surface area contributed by atoms with Gasteiger partial charge in [0.1, 0.15) is 0 Å². The van der Waals surface area contributed by atoms with Crippen molar-refractivity contribution in [2.45, 2.75) is 37.8 Å². The van der Waals surface area contributed by atoms with Gasteiger partial charge in [0.05, 0.1) is 0 Å². The Bertz CT molecular complexity index is 397. The molecule has 2 N–H and O–H groups in total. The maximum absolute atomic E-state index is 12.0. The first-order chi connectivity index (χ1) is 8.69. The van der Waals surface area contributed by atoms with Crippen molar-refractivity contribution >= 4 is 28.5 Å². The second-order valence-electron chi connectivity index (χ2n) is 4.82. The minimum Gasteiger partial charge on any atom is -0.349 e. The molecule has 4 heteroatoms. The van der Waals surface area contributed by atoms with Crippen LogP contribution in [-0.2, 0) is 0 Å². The lowest BCUT2D eigenvalue weighted by molar-refractivity contribution is 0.0924. The van der Waals surface area contributed by atoms with E-state index in [1.165, 1.54) is 0 Å². The van der Waals surface area contributed by atoms with Gasteiger partial charge < -0.3 is 10.6 Å². The zero-order chi connectivity index (χ0) is 13.0. The second-order valence-corrected chi connectivity index (χ2v) is 6.06. The van der Waals surface area contributed by atoms with E-state index in [0.717, 1.165) is 34.8 Å². The van der Waals surface area contributed by atoms with Crippen LogP contribution in [0.3, 0.4) is 0 Å². The second kappa shape index (κ2) is 6.52. The van der Waals surface area contributed by atoms with Gasteiger partial charge in [-0.15, -0.1) is 0 Å². The first-order valence-corrected chi connectivity index (χ1v) is 7.50. The molecular formula is C14H19IN2O. The zero-order valence-corrected chi connectivity index (χ0v) is 12.7. The molecule has 0 aromatic heterocycles. The molecule has 1 aliphatic rings. The van der Waals surface area contributed by atoms with Gasteiger partial charge in [-0.05, 0) is 79.6 Å². The van der Waals surface area contributed by atoms with Crippen LogP contribution in [-0.4, -0.2) is 25.0 Å². The highest BCUT2D eigenvalue weighted by Crippen LogP contribution is 2.18. The van der Waals surface area contributed by atoms with E-state index in [2.05, 4.69) is 33.2 Å². The summed E-state index contributed by atoms with van der Waals surface area (Å²) in [6, 6.07) is 8.66. The molecule has 0 unspecified atom stereocenters. The molecule has 1 aromatic rings. The Hall–Kier alpha value is -0.620. The first kappa shape index (κ1) is 13.8. The van der Waals surface area contributed by atoms with Crippen LogP contribution in [0.15, 0.2) is 24.3 Å². The molecule has 0 bridgehead atoms. The highest BCUT2D eigenvalue weighted by atomic mass is 127. The molecule has 3 nitrogen and oxygen atoms in total. The average Bonchev–Trinajstić information content (AvgIpc) is 2.40. The van der Waals surface area contributed by atoms with Crippen molar-refractivity contribution in [2.24, 2.45) is 0 Å². The number of nitrogens with one attached hydrogen (secondary N) is 2. The number of halogens is 1. The van der Waals surface area contributed by atoms with E-state index >= 15 is 0 Å². The quantitative estimate of drug-likeness (QED) is 0.816. The molecule has 0 radical (unpaired) electrons. The molecule has 1 amide bonds. The molecular weight excluding hydrogens is 339 g/mol. The highest BCUT2D eigenvalue weighted by molar-refractivity contribution is 14.1. The van der Waals surface area contributed by atoms with Crippen molar-refractivity contribution in [3.63, 3.8) is 0 Å². The van der Waals surface area contributed by atoms with E-state index in [1.54, 1.807) is 0 Å². The van der Waals surface area contributed by atoms with E-state index in [4.69, 9.17) is 0 Å². The maximum Gasteiger partial charge on any atom is 0.251 e. The molecule has 2 rings (SSSR count). The predicted octanol–water partition coefficient (Wildman–Crippen LogP) is 2.55. The molecule has 0 saturated heterocycles. The summed E-state index contributed by atoms with van der Waals surface area (Å²) in [5.41, 5.74) is 0.756. The molecule has 98 valence electrons. The van der Waals surface area contributed by atoms with Crippen LogP contribution in [0.25, 0.3) is 0 Å². The largest absolute Gasteiger partial charge is 0.349 e. The van der Waals surface area contributed by atoms with Gasteiger partial charge in [-0.25, -0.2) is 0 Å². The van der Waals surface area contributed by atoms with Crippen LogP contribution < -0.4 is 10.6 Å². The first-order valence-electron chi connectivity index (χ1n) is 6.42. The number of carbonyl (C=O) groups excluding carboxylic acids is 1. The lowest BCUT2D eigenvalue weighted by Gasteiger charge is -2.28. The van der Waals surface area contributed by atoms with Crippen LogP contribution in [0, 0.1) is 3.57 Å². The Kier molecular flexibility index (Phi) is 5.00. The number of hydrogen-bond donors (Lipinski definition) is 2. The number of amides is 1. The summed E-state index contributed by atoms with van der Waals surface area (Å²) in [4.78, 5) is 12.0. The Morgan fingerprint density at radius 2 is 1.67 bits per heavy atom. The third-order valence-electron chi connectivity index (χ3n) is 3.58. The van der Waals surface area contributed by atoms with Crippen molar-refractivity contribution in [1.29, 1.82) is 0 Å². The van der Waals surface area contributed by atoms with Gasteiger partial charge >= 0.3 is 0 Å². The fourth-order valence-electron chi connectivity index (χ4n) is 2.40. The van der Waals surface area contributed by atoms with Gasteiger partial charge in [-0.1, -0.05) is 0 Å².